The molecule has 0 aliphatic carbocycles. The van der Waals surface area contributed by atoms with Gasteiger partial charge in [0.15, 0.2) is 17.3 Å². The maximum absolute atomic E-state index is 13.7. The quantitative estimate of drug-likeness (QED) is 0.103. The summed E-state index contributed by atoms with van der Waals surface area (Å²) < 4.78 is 13.8. The predicted octanol–water partition coefficient (Wildman–Crippen LogP) is 4.71. The van der Waals surface area contributed by atoms with Crippen molar-refractivity contribution < 1.29 is 47.9 Å². The second kappa shape index (κ2) is 17.1. The summed E-state index contributed by atoms with van der Waals surface area (Å²) in [5, 5.41) is 9.27. The monoisotopic (exact) mass is 846 g/mol. The Balaban J connectivity index is 0.805. The summed E-state index contributed by atoms with van der Waals surface area (Å²) in [6.45, 7) is 0.0923. The van der Waals surface area contributed by atoms with Crippen LogP contribution in [0, 0.1) is 0 Å². The van der Waals surface area contributed by atoms with Crippen molar-refractivity contribution in [1.82, 2.24) is 19.9 Å². The molecule has 5 aromatic rings. The summed E-state index contributed by atoms with van der Waals surface area (Å²) in [4.78, 5) is 104. The number of nitrogens with zero attached hydrogens (tertiary/aromatic N) is 5. The van der Waals surface area contributed by atoms with E-state index < -0.39 is 29.6 Å². The Labute approximate surface area is 351 Å². The van der Waals surface area contributed by atoms with Crippen LogP contribution in [0.5, 0.6) is 11.5 Å². The number of carbonyl (C=O) groups is 7. The standard InChI is InChI=1S/C42H38N8O10S/c1-48-22-34(46-35(51)8-5-15-59-31-20-28-27(19-30(31)58-2)42(57)49-26(21-44-28)17-23-6-3-4-7-29(23)49)47-39(48)41(56)45-25-9-10-32-24(16-25)18-33(61-32)40(55)43-14-13-38(54)60-50-36(52)11-12-37(50)53/h3-4,6-7,9-10,16,18-22,26H,5,8,11-15,17H2,1-2H3,(H,43,55)(H,45,56)(H,46,51)/t26-/m0/s1. The smallest absolute Gasteiger partial charge is 0.334 e. The number of hydrogen-bond acceptors (Lipinski definition) is 13. The van der Waals surface area contributed by atoms with Gasteiger partial charge >= 0.3 is 5.97 Å². The van der Waals surface area contributed by atoms with Crippen LogP contribution in [0.15, 0.2) is 71.9 Å². The second-order valence-electron chi connectivity index (χ2n) is 14.3. The van der Waals surface area contributed by atoms with Crippen LogP contribution in [0.4, 0.5) is 22.9 Å². The van der Waals surface area contributed by atoms with E-state index in [1.807, 2.05) is 24.3 Å². The number of aryl methyl sites for hydroxylation is 1. The summed E-state index contributed by atoms with van der Waals surface area (Å²) >= 11 is 1.21. The summed E-state index contributed by atoms with van der Waals surface area (Å²) in [6, 6.07) is 17.7. The van der Waals surface area contributed by atoms with Crippen molar-refractivity contribution in [1.29, 1.82) is 0 Å². The van der Waals surface area contributed by atoms with Crippen molar-refractivity contribution in [3.8, 4) is 11.5 Å². The van der Waals surface area contributed by atoms with Crippen molar-refractivity contribution in [2.75, 3.05) is 35.8 Å². The molecule has 0 radical (unpaired) electrons. The third kappa shape index (κ3) is 8.53. The van der Waals surface area contributed by atoms with Gasteiger partial charge in [-0.05, 0) is 53.8 Å². The summed E-state index contributed by atoms with van der Waals surface area (Å²) in [5.74, 6) is -2.48. The first-order valence-electron chi connectivity index (χ1n) is 19.3. The SMILES string of the molecule is COc1cc2c(cc1OCCCC(=O)Nc1cn(C)c(C(=O)Nc3ccc4sc(C(=O)NCCC(=O)ON5C(=O)CCC5=O)cc4c3)n1)N=C[C@@H]1Cc3ccccc3N1C2=O. The zero-order chi connectivity index (χ0) is 42.8. The second-order valence-corrected chi connectivity index (χ2v) is 15.4. The summed E-state index contributed by atoms with van der Waals surface area (Å²) in [5.41, 5.74) is 3.27. The largest absolute Gasteiger partial charge is 0.493 e. The first kappa shape index (κ1) is 40.4. The number of ether oxygens (including phenoxy) is 2. The number of amides is 6. The Morgan fingerprint density at radius 1 is 0.918 bits per heavy atom. The van der Waals surface area contributed by atoms with Crippen molar-refractivity contribution in [3.63, 3.8) is 0 Å². The number of rotatable bonds is 14. The number of imidazole rings is 1. The van der Waals surface area contributed by atoms with E-state index in [4.69, 9.17) is 14.3 Å². The molecule has 3 aliphatic heterocycles. The molecule has 312 valence electrons. The first-order valence-corrected chi connectivity index (χ1v) is 20.1. The molecule has 5 heterocycles. The number of imide groups is 1. The van der Waals surface area contributed by atoms with E-state index >= 15 is 0 Å². The number of nitrogens with one attached hydrogen (secondary N) is 3. The van der Waals surface area contributed by atoms with Crippen LogP contribution in [0.1, 0.15) is 68.3 Å². The topological polar surface area (TPSA) is 220 Å². The van der Waals surface area contributed by atoms with Crippen LogP contribution < -0.4 is 30.3 Å². The van der Waals surface area contributed by atoms with Gasteiger partial charge < -0.3 is 34.8 Å². The van der Waals surface area contributed by atoms with Gasteiger partial charge in [-0.25, -0.2) is 9.78 Å². The fourth-order valence-corrected chi connectivity index (χ4v) is 8.10. The number of anilines is 3. The van der Waals surface area contributed by atoms with E-state index in [9.17, 15) is 33.6 Å². The number of carbonyl (C=O) groups excluding carboxylic acids is 7. The minimum absolute atomic E-state index is 0.0155. The average Bonchev–Trinajstić information content (AvgIpc) is 4.00. The fourth-order valence-electron chi connectivity index (χ4n) is 7.14. The lowest BCUT2D eigenvalue weighted by Gasteiger charge is -2.22. The molecule has 6 amide bonds. The van der Waals surface area contributed by atoms with Gasteiger partial charge in [-0.15, -0.1) is 16.4 Å². The minimum atomic E-state index is -0.826. The molecule has 8 rings (SSSR count). The molecule has 0 spiro atoms. The zero-order valence-corrected chi connectivity index (χ0v) is 33.7. The van der Waals surface area contributed by atoms with E-state index in [2.05, 4.69) is 25.9 Å². The van der Waals surface area contributed by atoms with Crippen molar-refractivity contribution >= 4 is 91.9 Å². The van der Waals surface area contributed by atoms with Crippen molar-refractivity contribution in [2.45, 2.75) is 44.6 Å². The van der Waals surface area contributed by atoms with E-state index in [1.54, 1.807) is 54.6 Å². The van der Waals surface area contributed by atoms with Gasteiger partial charge in [0.1, 0.15) is 0 Å². The van der Waals surface area contributed by atoms with Gasteiger partial charge in [0.2, 0.25) is 11.7 Å². The molecule has 2 aromatic heterocycles. The number of hydrogen-bond donors (Lipinski definition) is 3. The zero-order valence-electron chi connectivity index (χ0n) is 32.9. The van der Waals surface area contributed by atoms with Crippen LogP contribution in [0.25, 0.3) is 10.1 Å². The summed E-state index contributed by atoms with van der Waals surface area (Å²) in [6.07, 6.45) is 4.14. The Hall–Kier alpha value is -7.41. The highest BCUT2D eigenvalue weighted by atomic mass is 32.1. The van der Waals surface area contributed by atoms with Crippen molar-refractivity contribution in [3.05, 3.63) is 88.7 Å². The molecule has 0 unspecified atom stereocenters. The molecule has 18 nitrogen and oxygen atoms in total. The predicted molar refractivity (Wildman–Crippen MR) is 222 cm³/mol. The van der Waals surface area contributed by atoms with Gasteiger partial charge in [-0.3, -0.25) is 38.7 Å². The molecule has 3 aromatic carbocycles. The lowest BCUT2D eigenvalue weighted by Crippen LogP contribution is -2.37. The highest BCUT2D eigenvalue weighted by Gasteiger charge is 2.37. The first-order chi connectivity index (χ1) is 29.4. The number of para-hydroxylation sites is 1. The summed E-state index contributed by atoms with van der Waals surface area (Å²) in [7, 11) is 3.11. The Bertz CT molecular complexity index is 2650. The normalized spacial score (nSPS) is 15.2. The van der Waals surface area contributed by atoms with Crippen LogP contribution in [0.2, 0.25) is 0 Å². The highest BCUT2D eigenvalue weighted by molar-refractivity contribution is 7.20. The molecule has 0 saturated carbocycles. The van der Waals surface area contributed by atoms with E-state index in [0.29, 0.717) is 56.6 Å². The van der Waals surface area contributed by atoms with Gasteiger partial charge in [-0.2, -0.15) is 0 Å². The van der Waals surface area contributed by atoms with Crippen LogP contribution in [0.3, 0.4) is 0 Å². The number of fused-ring (bicyclic) bond motifs is 5. The molecular formula is C42H38N8O10S. The van der Waals surface area contributed by atoms with E-state index in [0.717, 1.165) is 16.0 Å². The van der Waals surface area contributed by atoms with Gasteiger partial charge in [0.05, 0.1) is 42.3 Å². The fraction of sp³-hybridized carbons (Fsp3) is 0.262. The maximum atomic E-state index is 13.7. The average molecular weight is 847 g/mol. The number of hydroxylamine groups is 2. The lowest BCUT2D eigenvalue weighted by molar-refractivity contribution is -0.197. The lowest BCUT2D eigenvalue weighted by atomic mass is 10.1. The molecule has 3 aliphatic rings. The minimum Gasteiger partial charge on any atom is -0.493 e. The van der Waals surface area contributed by atoms with Crippen molar-refractivity contribution in [2.24, 2.45) is 12.0 Å². The number of aromatic nitrogens is 2. The molecular weight excluding hydrogens is 809 g/mol. The number of aliphatic imine (C=N–C) groups is 1. The van der Waals surface area contributed by atoms with E-state index in [-0.39, 0.29) is 68.3 Å². The molecule has 19 heteroatoms. The third-order valence-electron chi connectivity index (χ3n) is 10.1. The Morgan fingerprint density at radius 2 is 1.72 bits per heavy atom. The molecule has 1 atom stereocenters. The number of methoxy groups -OCH3 is 1. The molecule has 0 bridgehead atoms. The van der Waals surface area contributed by atoms with E-state index in [1.165, 1.54) is 29.2 Å². The molecule has 1 fully saturated rings. The number of benzene rings is 3. The maximum Gasteiger partial charge on any atom is 0.334 e. The van der Waals surface area contributed by atoms with Crippen LogP contribution >= 0.6 is 11.3 Å². The van der Waals surface area contributed by atoms with Crippen LogP contribution in [-0.4, -0.2) is 88.5 Å². The molecule has 61 heavy (non-hydrogen) atoms. The Morgan fingerprint density at radius 3 is 2.52 bits per heavy atom. The third-order valence-corrected chi connectivity index (χ3v) is 11.2. The molecule has 3 N–H and O–H groups in total. The van der Waals surface area contributed by atoms with Crippen LogP contribution in [-0.2, 0) is 37.5 Å². The number of thiophene rings is 1. The Kier molecular flexibility index (Phi) is 11.3. The molecule has 1 saturated heterocycles. The van der Waals surface area contributed by atoms with Gasteiger partial charge in [0.25, 0.3) is 29.5 Å². The van der Waals surface area contributed by atoms with Gasteiger partial charge in [0, 0.05) is 73.8 Å². The highest BCUT2D eigenvalue weighted by Crippen LogP contribution is 2.41. The van der Waals surface area contributed by atoms with Gasteiger partial charge in [-0.1, -0.05) is 18.2 Å².